The molecule has 0 aromatic heterocycles. The van der Waals surface area contributed by atoms with Gasteiger partial charge in [0, 0.05) is 54.9 Å². The SMILES string of the molecule is [C-]#[N+]C(C)(C)C.[C-]#[O+].[C-]#[O+].[C-]#[O+].[CH]1[CH][CH][CH][CH]1.[CH]1[CH][CH][CH][CH]1.[Fe].[Fe]. The third-order valence-corrected chi connectivity index (χ3v) is 1.45. The Morgan fingerprint density at radius 2 is 0.625 bits per heavy atom. The van der Waals surface area contributed by atoms with Crippen molar-refractivity contribution in [1.29, 1.82) is 0 Å². The average molecular weight is 409 g/mol. The molecule has 6 heteroatoms. The van der Waals surface area contributed by atoms with Gasteiger partial charge in [-0.15, -0.1) is 0 Å². The van der Waals surface area contributed by atoms with E-state index in [0.29, 0.717) is 0 Å². The van der Waals surface area contributed by atoms with Crippen LogP contribution in [0.2, 0.25) is 0 Å². The van der Waals surface area contributed by atoms with Crippen LogP contribution in [-0.4, -0.2) is 5.54 Å². The van der Waals surface area contributed by atoms with Crippen LogP contribution < -0.4 is 0 Å². The van der Waals surface area contributed by atoms with Crippen LogP contribution in [0.3, 0.4) is 0 Å². The molecule has 0 bridgehead atoms. The zero-order chi connectivity index (χ0) is 18.3. The zero-order valence-corrected chi connectivity index (χ0v) is 15.9. The molecule has 24 heavy (non-hydrogen) atoms. The van der Waals surface area contributed by atoms with E-state index in [2.05, 4.69) is 24.8 Å². The van der Waals surface area contributed by atoms with Crippen molar-refractivity contribution < 1.29 is 48.1 Å². The molecule has 10 radical (unpaired) electrons. The van der Waals surface area contributed by atoms with E-state index in [1.54, 1.807) is 0 Å². The second kappa shape index (κ2) is 38.4. The van der Waals surface area contributed by atoms with Crippen molar-refractivity contribution in [3.63, 3.8) is 0 Å². The molecule has 0 spiro atoms. The van der Waals surface area contributed by atoms with E-state index in [1.807, 2.05) is 85.0 Å². The van der Waals surface area contributed by atoms with Crippen molar-refractivity contribution in [2.45, 2.75) is 26.3 Å². The maximum Gasteiger partial charge on any atom is 0 e. The third kappa shape index (κ3) is 57.6. The number of hydrogen-bond donors (Lipinski definition) is 0. The zero-order valence-electron chi connectivity index (χ0n) is 13.7. The molecule has 2 rings (SSSR count). The molecule has 0 N–H and O–H groups in total. The molecular formula is C18H19Fe2NO3. The van der Waals surface area contributed by atoms with Gasteiger partial charge in [-0.25, -0.2) is 6.57 Å². The second-order valence-corrected chi connectivity index (χ2v) is 4.21. The normalized spacial score (nSPS) is 12.8. The molecule has 2 aliphatic carbocycles. The fraction of sp³-hybridized carbons (Fsp3) is 0.222. The smallest absolute Gasteiger partial charge is 0 e. The Balaban J connectivity index is -0.0000000423. The summed E-state index contributed by atoms with van der Waals surface area (Å²) in [5.74, 6) is 0. The Morgan fingerprint density at radius 1 is 0.542 bits per heavy atom. The van der Waals surface area contributed by atoms with E-state index in [1.165, 1.54) is 0 Å². The van der Waals surface area contributed by atoms with Crippen molar-refractivity contribution in [3.05, 3.63) is 95.6 Å². The van der Waals surface area contributed by atoms with Crippen molar-refractivity contribution in [3.8, 4) is 0 Å². The summed E-state index contributed by atoms with van der Waals surface area (Å²) >= 11 is 0. The summed E-state index contributed by atoms with van der Waals surface area (Å²) < 4.78 is 22.5. The van der Waals surface area contributed by atoms with Gasteiger partial charge in [0.05, 0.1) is 0 Å². The van der Waals surface area contributed by atoms with Crippen molar-refractivity contribution in [2.75, 3.05) is 0 Å². The van der Waals surface area contributed by atoms with E-state index in [9.17, 15) is 0 Å². The van der Waals surface area contributed by atoms with Crippen molar-refractivity contribution in [2.24, 2.45) is 0 Å². The van der Waals surface area contributed by atoms with Gasteiger partial charge in [0.1, 0.15) is 0 Å². The molecule has 0 atom stereocenters. The Labute approximate surface area is 169 Å². The molecule has 0 amide bonds. The van der Waals surface area contributed by atoms with Gasteiger partial charge in [-0.2, -0.15) is 0 Å². The van der Waals surface area contributed by atoms with Gasteiger partial charge in [0.25, 0.3) is 0 Å². The third-order valence-electron chi connectivity index (χ3n) is 1.45. The molecule has 0 aromatic carbocycles. The molecule has 0 heterocycles. The van der Waals surface area contributed by atoms with Crippen LogP contribution in [0.4, 0.5) is 0 Å². The fourth-order valence-corrected chi connectivity index (χ4v) is 0.642. The quantitative estimate of drug-likeness (QED) is 0.334. The van der Waals surface area contributed by atoms with Gasteiger partial charge in [0.2, 0.25) is 5.54 Å². The van der Waals surface area contributed by atoms with E-state index in [4.69, 9.17) is 20.5 Å². The molecule has 2 saturated carbocycles. The van der Waals surface area contributed by atoms with E-state index in [-0.39, 0.29) is 39.7 Å². The van der Waals surface area contributed by atoms with Crippen LogP contribution in [0.25, 0.3) is 4.85 Å². The minimum absolute atomic E-state index is 0. The summed E-state index contributed by atoms with van der Waals surface area (Å²) in [5, 5.41) is 0. The molecule has 4 nitrogen and oxygen atoms in total. The van der Waals surface area contributed by atoms with E-state index < -0.39 is 0 Å². The Kier molecular flexibility index (Phi) is 62.4. The van der Waals surface area contributed by atoms with E-state index in [0.717, 1.165) is 0 Å². The Hall–Kier alpha value is -0.251. The number of rotatable bonds is 0. The van der Waals surface area contributed by atoms with Crippen molar-refractivity contribution in [1.82, 2.24) is 0 Å². The Morgan fingerprint density at radius 3 is 0.667 bits per heavy atom. The minimum Gasteiger partial charge on any atom is -0.0312 e. The average Bonchev–Trinajstić information content (AvgIpc) is 3.30. The number of hydrogen-bond acceptors (Lipinski definition) is 0. The van der Waals surface area contributed by atoms with Crippen LogP contribution in [0.1, 0.15) is 20.8 Å². The summed E-state index contributed by atoms with van der Waals surface area (Å²) in [4.78, 5) is 3.27. The molecule has 130 valence electrons. The van der Waals surface area contributed by atoms with Crippen LogP contribution in [-0.2, 0) is 48.1 Å². The first-order valence-corrected chi connectivity index (χ1v) is 5.89. The molecular weight excluding hydrogens is 390 g/mol. The topological polar surface area (TPSA) is 64.1 Å². The number of nitrogens with zero attached hydrogens (tertiary/aromatic N) is 1. The first-order chi connectivity index (χ1) is 10.6. The van der Waals surface area contributed by atoms with Gasteiger partial charge in [0.15, 0.2) is 0 Å². The predicted octanol–water partition coefficient (Wildman–Crippen LogP) is 3.63. The summed E-state index contributed by atoms with van der Waals surface area (Å²) in [7, 11) is 0. The molecule has 0 unspecified atom stereocenters. The van der Waals surface area contributed by atoms with Gasteiger partial charge >= 0.3 is 33.9 Å². The minimum atomic E-state index is -0.167. The first kappa shape index (κ1) is 39.0. The summed E-state index contributed by atoms with van der Waals surface area (Å²) in [6, 6.07) is 0. The van der Waals surface area contributed by atoms with Crippen LogP contribution in [0, 0.1) is 90.7 Å². The maximum atomic E-state index is 7.50. The summed E-state index contributed by atoms with van der Waals surface area (Å²) in [6.07, 6.45) is 20.0. The molecule has 0 saturated heterocycles. The van der Waals surface area contributed by atoms with Gasteiger partial charge < -0.3 is 4.85 Å². The monoisotopic (exact) mass is 409 g/mol. The van der Waals surface area contributed by atoms with Gasteiger partial charge in [-0.05, 0) is 64.2 Å². The largest absolute Gasteiger partial charge is 0.0312 e. The van der Waals surface area contributed by atoms with Gasteiger partial charge in [-0.1, -0.05) is 0 Å². The first-order valence-electron chi connectivity index (χ1n) is 5.89. The molecule has 2 fully saturated rings. The summed E-state index contributed by atoms with van der Waals surface area (Å²) in [5.41, 5.74) is -0.167. The molecule has 2 aliphatic rings. The second-order valence-electron chi connectivity index (χ2n) is 4.21. The van der Waals surface area contributed by atoms with Gasteiger partial charge in [-0.3, -0.25) is 0 Å². The van der Waals surface area contributed by atoms with Crippen molar-refractivity contribution >= 4 is 0 Å². The maximum absolute atomic E-state index is 7.50. The fourth-order valence-electron chi connectivity index (χ4n) is 0.642. The van der Waals surface area contributed by atoms with Crippen LogP contribution >= 0.6 is 0 Å². The molecule has 0 aliphatic heterocycles. The Bertz CT molecular complexity index is 255. The van der Waals surface area contributed by atoms with Crippen LogP contribution in [0.5, 0.6) is 0 Å². The van der Waals surface area contributed by atoms with Crippen LogP contribution in [0.15, 0.2) is 0 Å². The predicted molar refractivity (Wildman–Crippen MR) is 81.1 cm³/mol. The standard InChI is InChI=1S/C5H9N.2C5H5.3CO.2Fe/c1-5(2,3)6-4;2*1-2-4-5-3-1;3*1-2;;/h1-3H3;2*1-5H;;;;;. The molecule has 0 aromatic rings. The summed E-state index contributed by atoms with van der Waals surface area (Å²) in [6.45, 7) is 25.6. The van der Waals surface area contributed by atoms with E-state index >= 15 is 0 Å².